The van der Waals surface area contributed by atoms with Crippen LogP contribution in [0.15, 0.2) is 29.4 Å². The maximum Gasteiger partial charge on any atom is 0.191 e. The number of ether oxygens (including phenoxy) is 1. The monoisotopic (exact) mass is 444 g/mol. The lowest BCUT2D eigenvalue weighted by atomic mass is 10.4. The van der Waals surface area contributed by atoms with E-state index in [4.69, 9.17) is 4.74 Å². The predicted molar refractivity (Wildman–Crippen MR) is 105 cm³/mol. The second-order valence-electron chi connectivity index (χ2n) is 5.77. The first-order valence-corrected chi connectivity index (χ1v) is 8.17. The zero-order valence-corrected chi connectivity index (χ0v) is 16.3. The van der Waals surface area contributed by atoms with Gasteiger partial charge in [0.05, 0.1) is 6.54 Å². The first-order chi connectivity index (χ1) is 11.4. The Morgan fingerprint density at radius 2 is 2.21 bits per heavy atom. The summed E-state index contributed by atoms with van der Waals surface area (Å²) < 4.78 is 7.58. The normalized spacial score (nSPS) is 14.5. The van der Waals surface area contributed by atoms with Crippen molar-refractivity contribution in [3.8, 4) is 0 Å². The smallest absolute Gasteiger partial charge is 0.191 e. The molecule has 2 heterocycles. The molecule has 2 N–H and O–H groups in total. The summed E-state index contributed by atoms with van der Waals surface area (Å²) in [4.78, 5) is 4.22. The largest absolute Gasteiger partial charge is 0.381 e. The van der Waals surface area contributed by atoms with Gasteiger partial charge in [0.25, 0.3) is 0 Å². The number of hydrogen-bond acceptors (Lipinski definition) is 4. The van der Waals surface area contributed by atoms with Gasteiger partial charge in [-0.25, -0.2) is 0 Å². The van der Waals surface area contributed by atoms with Crippen molar-refractivity contribution in [2.75, 3.05) is 26.8 Å². The number of aromatic nitrogens is 3. The lowest BCUT2D eigenvalue weighted by Crippen LogP contribution is -2.38. The van der Waals surface area contributed by atoms with Gasteiger partial charge in [-0.1, -0.05) is 6.07 Å². The molecule has 1 saturated carbocycles. The van der Waals surface area contributed by atoms with E-state index in [-0.39, 0.29) is 24.0 Å². The van der Waals surface area contributed by atoms with Gasteiger partial charge in [-0.15, -0.1) is 34.2 Å². The fourth-order valence-electron chi connectivity index (χ4n) is 2.31. The Hall–Kier alpha value is -1.42. The van der Waals surface area contributed by atoms with E-state index in [9.17, 15) is 0 Å². The highest BCUT2D eigenvalue weighted by molar-refractivity contribution is 14.0. The van der Waals surface area contributed by atoms with Crippen LogP contribution < -0.4 is 10.6 Å². The highest BCUT2D eigenvalue weighted by Crippen LogP contribution is 2.28. The number of aliphatic imine (C=N–C) groups is 1. The summed E-state index contributed by atoms with van der Waals surface area (Å²) in [6.07, 6.45) is 5.61. The van der Waals surface area contributed by atoms with Crippen molar-refractivity contribution < 1.29 is 4.74 Å². The van der Waals surface area contributed by atoms with Crippen LogP contribution in [0, 0.1) is 5.92 Å². The first kappa shape index (κ1) is 18.9. The van der Waals surface area contributed by atoms with Crippen molar-refractivity contribution >= 4 is 35.6 Å². The summed E-state index contributed by atoms with van der Waals surface area (Å²) in [5, 5.41) is 14.9. The van der Waals surface area contributed by atoms with E-state index in [1.165, 1.54) is 12.8 Å². The molecule has 7 nitrogen and oxygen atoms in total. The Morgan fingerprint density at radius 3 is 3.00 bits per heavy atom. The fourth-order valence-corrected chi connectivity index (χ4v) is 2.31. The number of halogens is 1. The minimum absolute atomic E-state index is 0. The van der Waals surface area contributed by atoms with Crippen molar-refractivity contribution in [1.82, 2.24) is 25.2 Å². The molecule has 2 aromatic heterocycles. The van der Waals surface area contributed by atoms with Crippen LogP contribution in [0.25, 0.3) is 5.65 Å². The van der Waals surface area contributed by atoms with Gasteiger partial charge in [-0.2, -0.15) is 0 Å². The van der Waals surface area contributed by atoms with Crippen LogP contribution in [0.1, 0.15) is 25.1 Å². The van der Waals surface area contributed by atoms with Gasteiger partial charge >= 0.3 is 0 Å². The highest BCUT2D eigenvalue weighted by atomic mass is 127. The van der Waals surface area contributed by atoms with Crippen molar-refractivity contribution in [3.63, 3.8) is 0 Å². The van der Waals surface area contributed by atoms with E-state index >= 15 is 0 Å². The molecule has 0 atom stereocenters. The van der Waals surface area contributed by atoms with Crippen molar-refractivity contribution in [2.45, 2.75) is 25.8 Å². The Morgan fingerprint density at radius 1 is 1.33 bits per heavy atom. The SMILES string of the molecule is CN=C(NCCCOCC1CC1)NCc1nnc2ccccn12.I. The van der Waals surface area contributed by atoms with Crippen LogP contribution in [-0.2, 0) is 11.3 Å². The molecule has 0 radical (unpaired) electrons. The van der Waals surface area contributed by atoms with Crippen LogP contribution >= 0.6 is 24.0 Å². The molecule has 1 fully saturated rings. The third kappa shape index (κ3) is 5.59. The van der Waals surface area contributed by atoms with Crippen molar-refractivity contribution in [1.29, 1.82) is 0 Å². The maximum absolute atomic E-state index is 5.62. The summed E-state index contributed by atoms with van der Waals surface area (Å²) in [6.45, 7) is 3.14. The van der Waals surface area contributed by atoms with Crippen LogP contribution in [0.5, 0.6) is 0 Å². The molecule has 1 aliphatic carbocycles. The molecule has 3 rings (SSSR count). The summed E-state index contributed by atoms with van der Waals surface area (Å²) in [5.41, 5.74) is 0.847. The molecular formula is C16H25IN6O. The molecule has 24 heavy (non-hydrogen) atoms. The van der Waals surface area contributed by atoms with Crippen LogP contribution in [0.3, 0.4) is 0 Å². The van der Waals surface area contributed by atoms with E-state index in [0.29, 0.717) is 6.54 Å². The number of hydrogen-bond donors (Lipinski definition) is 2. The predicted octanol–water partition coefficient (Wildman–Crippen LogP) is 1.83. The number of nitrogens with one attached hydrogen (secondary N) is 2. The second kappa shape index (κ2) is 9.77. The number of pyridine rings is 1. The zero-order valence-electron chi connectivity index (χ0n) is 13.9. The van der Waals surface area contributed by atoms with Crippen LogP contribution in [-0.4, -0.2) is 47.4 Å². The second-order valence-corrected chi connectivity index (χ2v) is 5.77. The topological polar surface area (TPSA) is 75.8 Å². The van der Waals surface area contributed by atoms with Gasteiger partial charge < -0.3 is 15.4 Å². The van der Waals surface area contributed by atoms with E-state index in [2.05, 4.69) is 25.8 Å². The standard InChI is InChI=1S/C16H24N6O.HI/c1-17-16(18-8-4-10-23-12-13-6-7-13)19-11-15-21-20-14-5-2-3-9-22(14)15;/h2-3,5,9,13H,4,6-8,10-12H2,1H3,(H2,17,18,19);1H. The molecule has 0 bridgehead atoms. The van der Waals surface area contributed by atoms with E-state index in [1.54, 1.807) is 7.05 Å². The maximum atomic E-state index is 5.62. The molecule has 0 aromatic carbocycles. The molecule has 0 aliphatic heterocycles. The van der Waals surface area contributed by atoms with Gasteiger partial charge in [0.1, 0.15) is 0 Å². The van der Waals surface area contributed by atoms with Gasteiger partial charge in [0.15, 0.2) is 17.4 Å². The van der Waals surface area contributed by atoms with Crippen molar-refractivity contribution in [2.24, 2.45) is 10.9 Å². The number of rotatable bonds is 8. The summed E-state index contributed by atoms with van der Waals surface area (Å²) in [7, 11) is 1.76. The Balaban J connectivity index is 0.00000208. The quantitative estimate of drug-likeness (QED) is 0.281. The molecule has 2 aromatic rings. The van der Waals surface area contributed by atoms with Crippen molar-refractivity contribution in [3.05, 3.63) is 30.2 Å². The van der Waals surface area contributed by atoms with E-state index < -0.39 is 0 Å². The molecule has 1 aliphatic rings. The summed E-state index contributed by atoms with van der Waals surface area (Å²) in [5.74, 6) is 2.45. The van der Waals surface area contributed by atoms with E-state index in [0.717, 1.165) is 49.5 Å². The Bertz CT molecular complexity index is 655. The first-order valence-electron chi connectivity index (χ1n) is 8.17. The van der Waals surface area contributed by atoms with Gasteiger partial charge in [0, 0.05) is 33.0 Å². The molecule has 8 heteroatoms. The Kier molecular flexibility index (Phi) is 7.70. The molecule has 0 amide bonds. The molecule has 0 saturated heterocycles. The molecule has 132 valence electrons. The van der Waals surface area contributed by atoms with E-state index in [1.807, 2.05) is 28.8 Å². The summed E-state index contributed by atoms with van der Waals surface area (Å²) in [6, 6.07) is 5.85. The minimum atomic E-state index is 0. The van der Waals surface area contributed by atoms with Gasteiger partial charge in [-0.05, 0) is 37.3 Å². The Labute approximate surface area is 159 Å². The lowest BCUT2D eigenvalue weighted by molar-refractivity contribution is 0.123. The number of nitrogens with zero attached hydrogens (tertiary/aromatic N) is 4. The molecular weight excluding hydrogens is 419 g/mol. The molecule has 0 spiro atoms. The average molecular weight is 444 g/mol. The number of guanidine groups is 1. The highest BCUT2D eigenvalue weighted by Gasteiger charge is 2.20. The lowest BCUT2D eigenvalue weighted by Gasteiger charge is -2.11. The van der Waals surface area contributed by atoms with Gasteiger partial charge in [-0.3, -0.25) is 9.39 Å². The third-order valence-corrected chi connectivity index (χ3v) is 3.83. The van der Waals surface area contributed by atoms with Crippen LogP contribution in [0.4, 0.5) is 0 Å². The van der Waals surface area contributed by atoms with Gasteiger partial charge in [0.2, 0.25) is 0 Å². The molecule has 0 unspecified atom stereocenters. The summed E-state index contributed by atoms with van der Waals surface area (Å²) >= 11 is 0. The third-order valence-electron chi connectivity index (χ3n) is 3.83. The number of fused-ring (bicyclic) bond motifs is 1. The average Bonchev–Trinajstić information content (AvgIpc) is 3.32. The minimum Gasteiger partial charge on any atom is -0.381 e. The van der Waals surface area contributed by atoms with Crippen LogP contribution in [0.2, 0.25) is 0 Å². The zero-order chi connectivity index (χ0) is 15.9. The fraction of sp³-hybridized carbons (Fsp3) is 0.562.